The summed E-state index contributed by atoms with van der Waals surface area (Å²) in [5, 5.41) is 10.6. The molecule has 0 unspecified atom stereocenters. The lowest BCUT2D eigenvalue weighted by Crippen LogP contribution is -2.27. The van der Waals surface area contributed by atoms with Crippen LogP contribution in [0, 0.1) is 10.1 Å². The van der Waals surface area contributed by atoms with Crippen LogP contribution in [0.5, 0.6) is 0 Å². The van der Waals surface area contributed by atoms with E-state index in [1.807, 2.05) is 0 Å². The first-order chi connectivity index (χ1) is 11.5. The van der Waals surface area contributed by atoms with Gasteiger partial charge in [0.2, 0.25) is 0 Å². The van der Waals surface area contributed by atoms with Gasteiger partial charge in [-0.25, -0.2) is 4.90 Å². The summed E-state index contributed by atoms with van der Waals surface area (Å²) in [5.74, 6) is -0.510. The number of imide groups is 1. The molecule has 0 aromatic heterocycles. The van der Waals surface area contributed by atoms with E-state index in [0.29, 0.717) is 11.3 Å². The van der Waals surface area contributed by atoms with E-state index < -0.39 is 16.1 Å². The van der Waals surface area contributed by atoms with Crippen LogP contribution in [0.3, 0.4) is 0 Å². The van der Waals surface area contributed by atoms with E-state index in [4.69, 9.17) is 11.6 Å². The van der Waals surface area contributed by atoms with Crippen molar-refractivity contribution < 1.29 is 14.5 Å². The van der Waals surface area contributed by atoms with Crippen molar-refractivity contribution in [2.45, 2.75) is 0 Å². The number of thioether (sulfide) groups is 1. The summed E-state index contributed by atoms with van der Waals surface area (Å²) in [4.78, 5) is 36.2. The number of non-ortho nitro benzene ring substituents is 1. The summed E-state index contributed by atoms with van der Waals surface area (Å²) in [7, 11) is 0. The van der Waals surface area contributed by atoms with Crippen LogP contribution in [0.25, 0.3) is 6.08 Å². The molecule has 6 nitrogen and oxygen atoms in total. The van der Waals surface area contributed by atoms with Gasteiger partial charge in [-0.2, -0.15) is 0 Å². The maximum Gasteiger partial charge on any atom is 0.298 e. The zero-order valence-electron chi connectivity index (χ0n) is 12.0. The highest BCUT2D eigenvalue weighted by atomic mass is 35.5. The Kier molecular flexibility index (Phi) is 4.37. The van der Waals surface area contributed by atoms with Gasteiger partial charge >= 0.3 is 0 Å². The molecule has 1 fully saturated rings. The number of nitro benzene ring substituents is 1. The average molecular weight is 361 g/mol. The van der Waals surface area contributed by atoms with Crippen LogP contribution in [0.1, 0.15) is 5.56 Å². The summed E-state index contributed by atoms with van der Waals surface area (Å²) < 4.78 is 0. The van der Waals surface area contributed by atoms with E-state index in [1.54, 1.807) is 30.3 Å². The molecular formula is C16H9ClN2O4S. The van der Waals surface area contributed by atoms with Crippen molar-refractivity contribution in [3.05, 3.63) is 74.1 Å². The number of anilines is 1. The highest BCUT2D eigenvalue weighted by Crippen LogP contribution is 2.38. The van der Waals surface area contributed by atoms with Crippen LogP contribution in [0.15, 0.2) is 53.4 Å². The number of hydrogen-bond acceptors (Lipinski definition) is 5. The molecule has 0 aliphatic carbocycles. The van der Waals surface area contributed by atoms with Crippen LogP contribution in [0.4, 0.5) is 16.2 Å². The predicted octanol–water partition coefficient (Wildman–Crippen LogP) is 4.49. The van der Waals surface area contributed by atoms with Crippen LogP contribution >= 0.6 is 23.4 Å². The van der Waals surface area contributed by atoms with Gasteiger partial charge < -0.3 is 0 Å². The number of halogens is 1. The van der Waals surface area contributed by atoms with Crippen LogP contribution in [0.2, 0.25) is 5.02 Å². The maximum atomic E-state index is 12.5. The zero-order valence-corrected chi connectivity index (χ0v) is 13.6. The minimum Gasteiger partial charge on any atom is -0.268 e. The fraction of sp³-hybridized carbons (Fsp3) is 0. The van der Waals surface area contributed by atoms with Crippen molar-refractivity contribution in [3.8, 4) is 0 Å². The highest BCUT2D eigenvalue weighted by Gasteiger charge is 2.37. The smallest absolute Gasteiger partial charge is 0.268 e. The zero-order chi connectivity index (χ0) is 17.3. The number of carbonyl (C=O) groups is 2. The molecule has 8 heteroatoms. The molecule has 0 saturated carbocycles. The van der Waals surface area contributed by atoms with E-state index in [9.17, 15) is 19.7 Å². The molecule has 120 valence electrons. The van der Waals surface area contributed by atoms with Crippen molar-refractivity contribution in [3.63, 3.8) is 0 Å². The van der Waals surface area contributed by atoms with Crippen molar-refractivity contribution >= 4 is 52.0 Å². The van der Waals surface area contributed by atoms with Crippen molar-refractivity contribution in [2.75, 3.05) is 4.90 Å². The Bertz CT molecular complexity index is 897. The molecule has 2 aromatic carbocycles. The summed E-state index contributed by atoms with van der Waals surface area (Å²) in [5.41, 5.74) is 0.687. The maximum absolute atomic E-state index is 12.5. The molecule has 3 rings (SSSR count). The van der Waals surface area contributed by atoms with Crippen LogP contribution in [-0.4, -0.2) is 16.1 Å². The van der Waals surface area contributed by atoms with Crippen molar-refractivity contribution in [1.82, 2.24) is 0 Å². The lowest BCUT2D eigenvalue weighted by Gasteiger charge is -2.13. The molecule has 2 amide bonds. The van der Waals surface area contributed by atoms with Gasteiger partial charge in [0, 0.05) is 12.1 Å². The summed E-state index contributed by atoms with van der Waals surface area (Å²) in [6.07, 6.45) is 1.45. The normalized spacial score (nSPS) is 16.0. The number of nitro groups is 1. The molecule has 1 aliphatic rings. The van der Waals surface area contributed by atoms with Crippen molar-refractivity contribution in [1.29, 1.82) is 0 Å². The second-order valence-corrected chi connectivity index (χ2v) is 6.22. The molecule has 1 heterocycles. The monoisotopic (exact) mass is 360 g/mol. The van der Waals surface area contributed by atoms with Gasteiger partial charge in [-0.05, 0) is 35.5 Å². The van der Waals surface area contributed by atoms with Gasteiger partial charge in [-0.1, -0.05) is 35.9 Å². The van der Waals surface area contributed by atoms with E-state index in [1.165, 1.54) is 24.3 Å². The highest BCUT2D eigenvalue weighted by molar-refractivity contribution is 8.19. The minimum absolute atomic E-state index is 0.0888. The Morgan fingerprint density at radius 2 is 1.88 bits per heavy atom. The molecule has 1 saturated heterocycles. The first-order valence-corrected chi connectivity index (χ1v) is 7.94. The van der Waals surface area contributed by atoms with E-state index in [2.05, 4.69) is 0 Å². The lowest BCUT2D eigenvalue weighted by atomic mass is 10.2. The number of nitrogens with zero attached hydrogens (tertiary/aromatic N) is 2. The van der Waals surface area contributed by atoms with Gasteiger partial charge in [-0.3, -0.25) is 19.7 Å². The number of carbonyl (C=O) groups excluding carboxylic acids is 2. The number of benzene rings is 2. The Labute approximate surface area is 145 Å². The summed E-state index contributed by atoms with van der Waals surface area (Å²) >= 11 is 6.81. The standard InChI is InChI=1S/C16H9ClN2O4S/c17-12-6-1-2-7-13(12)18-15(20)14(24-16(18)21)9-10-4-3-5-11(8-10)19(22)23/h1-9H/b14-9-. The topological polar surface area (TPSA) is 80.5 Å². The SMILES string of the molecule is O=C1S/C(=C\c2cccc([N+](=O)[O-])c2)C(=O)N1c1ccccc1Cl. The number of hydrogen-bond donors (Lipinski definition) is 0. The van der Waals surface area contributed by atoms with Crippen LogP contribution in [-0.2, 0) is 4.79 Å². The number of rotatable bonds is 3. The van der Waals surface area contributed by atoms with E-state index >= 15 is 0 Å². The quantitative estimate of drug-likeness (QED) is 0.457. The molecule has 0 N–H and O–H groups in total. The van der Waals surface area contributed by atoms with Crippen LogP contribution < -0.4 is 4.90 Å². The van der Waals surface area contributed by atoms with Gasteiger partial charge in [0.15, 0.2) is 0 Å². The molecular weight excluding hydrogens is 352 g/mol. The third-order valence-electron chi connectivity index (χ3n) is 3.27. The minimum atomic E-state index is -0.521. The fourth-order valence-electron chi connectivity index (χ4n) is 2.19. The van der Waals surface area contributed by atoms with Gasteiger partial charge in [0.05, 0.1) is 20.5 Å². The average Bonchev–Trinajstić information content (AvgIpc) is 2.82. The van der Waals surface area contributed by atoms with Gasteiger partial charge in [0.25, 0.3) is 16.8 Å². The van der Waals surface area contributed by atoms with Crippen molar-refractivity contribution in [2.24, 2.45) is 0 Å². The Morgan fingerprint density at radius 3 is 2.58 bits per heavy atom. The Balaban J connectivity index is 1.96. The lowest BCUT2D eigenvalue weighted by molar-refractivity contribution is -0.384. The predicted molar refractivity (Wildman–Crippen MR) is 93.0 cm³/mol. The molecule has 0 bridgehead atoms. The molecule has 1 aliphatic heterocycles. The molecule has 0 atom stereocenters. The van der Waals surface area contributed by atoms with E-state index in [-0.39, 0.29) is 15.6 Å². The van der Waals surface area contributed by atoms with Gasteiger partial charge in [0.1, 0.15) is 0 Å². The second kappa shape index (κ2) is 6.46. The Morgan fingerprint density at radius 1 is 1.12 bits per heavy atom. The largest absolute Gasteiger partial charge is 0.298 e. The second-order valence-electron chi connectivity index (χ2n) is 4.82. The Hall–Kier alpha value is -2.64. The molecule has 2 aromatic rings. The number of para-hydroxylation sites is 1. The van der Waals surface area contributed by atoms with Gasteiger partial charge in [-0.15, -0.1) is 0 Å². The molecule has 0 spiro atoms. The van der Waals surface area contributed by atoms with E-state index in [0.717, 1.165) is 16.7 Å². The third-order valence-corrected chi connectivity index (χ3v) is 4.46. The fourth-order valence-corrected chi connectivity index (χ4v) is 3.24. The first-order valence-electron chi connectivity index (χ1n) is 6.74. The summed E-state index contributed by atoms with van der Waals surface area (Å²) in [6, 6.07) is 12.4. The number of amides is 2. The first kappa shape index (κ1) is 16.2. The third kappa shape index (κ3) is 3.04. The molecule has 0 radical (unpaired) electrons. The molecule has 24 heavy (non-hydrogen) atoms. The summed E-state index contributed by atoms with van der Waals surface area (Å²) in [6.45, 7) is 0.